The molecule has 0 heterocycles. The van der Waals surface area contributed by atoms with Crippen molar-refractivity contribution >= 4 is 11.9 Å². The molecule has 0 bridgehead atoms. The number of rotatable bonds is 45. The summed E-state index contributed by atoms with van der Waals surface area (Å²) in [6, 6.07) is 0. The molecule has 0 saturated carbocycles. The minimum atomic E-state index is -0.533. The standard InChI is InChI=1S/C51H94O5/c1-4-7-10-13-16-18-20-22-23-24-25-26-27-28-30-32-34-37-40-43-46-54-47-49(56-51(53)45-42-39-35-15-12-9-6-3)48-55-50(52)44-41-38-36-33-31-29-21-19-17-14-11-8-5-2/h16,18-19,21-23,49H,4-15,17,20,24-48H2,1-3H3/b18-16-,21-19-,23-22-. The first-order chi connectivity index (χ1) is 27.6. The third-order valence-corrected chi connectivity index (χ3v) is 10.6. The van der Waals surface area contributed by atoms with Gasteiger partial charge in [0.25, 0.3) is 0 Å². The smallest absolute Gasteiger partial charge is 0.306 e. The molecule has 0 spiro atoms. The average molecular weight is 787 g/mol. The number of esters is 2. The predicted octanol–water partition coefficient (Wildman–Crippen LogP) is 16.2. The Morgan fingerprint density at radius 1 is 0.393 bits per heavy atom. The fourth-order valence-corrected chi connectivity index (χ4v) is 6.95. The molecule has 0 fully saturated rings. The van der Waals surface area contributed by atoms with Crippen molar-refractivity contribution in [3.8, 4) is 0 Å². The first-order valence-electron chi connectivity index (χ1n) is 24.5. The highest BCUT2D eigenvalue weighted by Crippen LogP contribution is 2.14. The predicted molar refractivity (Wildman–Crippen MR) is 242 cm³/mol. The monoisotopic (exact) mass is 787 g/mol. The molecule has 0 radical (unpaired) electrons. The molecular weight excluding hydrogens is 693 g/mol. The zero-order valence-corrected chi connectivity index (χ0v) is 37.7. The van der Waals surface area contributed by atoms with Crippen molar-refractivity contribution in [1.29, 1.82) is 0 Å². The topological polar surface area (TPSA) is 61.8 Å². The Bertz CT molecular complexity index is 893. The van der Waals surface area contributed by atoms with E-state index in [-0.39, 0.29) is 25.2 Å². The molecule has 1 atom stereocenters. The van der Waals surface area contributed by atoms with Crippen LogP contribution in [-0.4, -0.2) is 37.9 Å². The molecule has 1 unspecified atom stereocenters. The fourth-order valence-electron chi connectivity index (χ4n) is 6.95. The van der Waals surface area contributed by atoms with Crippen molar-refractivity contribution in [3.05, 3.63) is 36.5 Å². The van der Waals surface area contributed by atoms with Crippen LogP contribution in [-0.2, 0) is 23.8 Å². The van der Waals surface area contributed by atoms with Crippen LogP contribution in [0.1, 0.15) is 252 Å². The van der Waals surface area contributed by atoms with Gasteiger partial charge in [0, 0.05) is 19.4 Å². The van der Waals surface area contributed by atoms with E-state index in [1.165, 1.54) is 161 Å². The SMILES string of the molecule is CCCCC/C=C\C/C=C\CCCCCCCCCCCCOCC(COC(=O)CCCCCCC/C=C\CCCCCC)OC(=O)CCCCCCCCC. The van der Waals surface area contributed by atoms with E-state index in [9.17, 15) is 9.59 Å². The normalized spacial score (nSPS) is 12.4. The molecule has 328 valence electrons. The summed E-state index contributed by atoms with van der Waals surface area (Å²) < 4.78 is 17.3. The van der Waals surface area contributed by atoms with Gasteiger partial charge in [-0.3, -0.25) is 9.59 Å². The van der Waals surface area contributed by atoms with E-state index in [4.69, 9.17) is 14.2 Å². The first-order valence-corrected chi connectivity index (χ1v) is 24.5. The molecule has 0 saturated heterocycles. The molecule has 0 aromatic rings. The number of ether oxygens (including phenoxy) is 3. The van der Waals surface area contributed by atoms with Crippen LogP contribution in [0.5, 0.6) is 0 Å². The van der Waals surface area contributed by atoms with Crippen molar-refractivity contribution in [2.45, 2.75) is 258 Å². The molecule has 56 heavy (non-hydrogen) atoms. The second-order valence-electron chi connectivity index (χ2n) is 16.4. The van der Waals surface area contributed by atoms with E-state index in [0.29, 0.717) is 19.4 Å². The van der Waals surface area contributed by atoms with Crippen molar-refractivity contribution in [2.24, 2.45) is 0 Å². The van der Waals surface area contributed by atoms with Crippen LogP contribution in [0.15, 0.2) is 36.5 Å². The Kier molecular flexibility index (Phi) is 45.9. The van der Waals surface area contributed by atoms with E-state index in [1.54, 1.807) is 0 Å². The highest BCUT2D eigenvalue weighted by molar-refractivity contribution is 5.70. The van der Waals surface area contributed by atoms with Crippen LogP contribution in [0.2, 0.25) is 0 Å². The third-order valence-electron chi connectivity index (χ3n) is 10.6. The van der Waals surface area contributed by atoms with Gasteiger partial charge in [0.05, 0.1) is 6.61 Å². The van der Waals surface area contributed by atoms with Crippen molar-refractivity contribution < 1.29 is 23.8 Å². The van der Waals surface area contributed by atoms with Gasteiger partial charge >= 0.3 is 11.9 Å². The van der Waals surface area contributed by atoms with Crippen LogP contribution in [0.25, 0.3) is 0 Å². The molecule has 0 aromatic heterocycles. The van der Waals surface area contributed by atoms with Crippen molar-refractivity contribution in [2.75, 3.05) is 19.8 Å². The molecule has 5 nitrogen and oxygen atoms in total. The Morgan fingerprint density at radius 3 is 1.25 bits per heavy atom. The maximum absolute atomic E-state index is 12.6. The lowest BCUT2D eigenvalue weighted by atomic mass is 10.1. The van der Waals surface area contributed by atoms with E-state index in [2.05, 4.69) is 57.2 Å². The van der Waals surface area contributed by atoms with Crippen molar-refractivity contribution in [1.82, 2.24) is 0 Å². The number of hydrogen-bond acceptors (Lipinski definition) is 5. The summed E-state index contributed by atoms with van der Waals surface area (Å²) in [5.41, 5.74) is 0. The van der Waals surface area contributed by atoms with Crippen LogP contribution >= 0.6 is 0 Å². The second kappa shape index (κ2) is 47.5. The Labute approximate surface area is 349 Å². The molecule has 0 aromatic carbocycles. The number of allylic oxidation sites excluding steroid dienone is 6. The van der Waals surface area contributed by atoms with Gasteiger partial charge in [-0.05, 0) is 77.0 Å². The summed E-state index contributed by atoms with van der Waals surface area (Å²) in [5, 5.41) is 0. The minimum Gasteiger partial charge on any atom is -0.462 e. The highest BCUT2D eigenvalue weighted by Gasteiger charge is 2.17. The molecule has 0 rings (SSSR count). The van der Waals surface area contributed by atoms with Gasteiger partial charge in [0.2, 0.25) is 0 Å². The van der Waals surface area contributed by atoms with Crippen LogP contribution in [0.4, 0.5) is 0 Å². The van der Waals surface area contributed by atoms with Crippen LogP contribution in [0, 0.1) is 0 Å². The quantitative estimate of drug-likeness (QED) is 0.0349. The molecular formula is C51H94O5. The highest BCUT2D eigenvalue weighted by atomic mass is 16.6. The maximum atomic E-state index is 12.6. The van der Waals surface area contributed by atoms with E-state index in [1.807, 2.05) is 0 Å². The lowest BCUT2D eigenvalue weighted by Gasteiger charge is -2.18. The first kappa shape index (κ1) is 54.1. The van der Waals surface area contributed by atoms with Gasteiger partial charge < -0.3 is 14.2 Å². The summed E-state index contributed by atoms with van der Waals surface area (Å²) in [4.78, 5) is 25.1. The number of hydrogen-bond donors (Lipinski definition) is 0. The largest absolute Gasteiger partial charge is 0.462 e. The molecule has 0 aliphatic carbocycles. The van der Waals surface area contributed by atoms with Crippen LogP contribution in [0.3, 0.4) is 0 Å². The summed E-state index contributed by atoms with van der Waals surface area (Å²) in [6.07, 6.45) is 55.9. The Balaban J connectivity index is 4.09. The molecule has 0 aliphatic rings. The van der Waals surface area contributed by atoms with Gasteiger partial charge in [-0.25, -0.2) is 0 Å². The van der Waals surface area contributed by atoms with Gasteiger partial charge in [0.15, 0.2) is 6.10 Å². The van der Waals surface area contributed by atoms with E-state index >= 15 is 0 Å². The Hall–Kier alpha value is -1.88. The second-order valence-corrected chi connectivity index (χ2v) is 16.4. The molecule has 0 N–H and O–H groups in total. The van der Waals surface area contributed by atoms with Gasteiger partial charge in [-0.1, -0.05) is 198 Å². The average Bonchev–Trinajstić information content (AvgIpc) is 3.20. The summed E-state index contributed by atoms with van der Waals surface area (Å²) in [5.74, 6) is -0.406. The lowest BCUT2D eigenvalue weighted by molar-refractivity contribution is -0.163. The summed E-state index contributed by atoms with van der Waals surface area (Å²) >= 11 is 0. The van der Waals surface area contributed by atoms with Gasteiger partial charge in [-0.15, -0.1) is 0 Å². The zero-order chi connectivity index (χ0) is 40.7. The van der Waals surface area contributed by atoms with Gasteiger partial charge in [0.1, 0.15) is 6.61 Å². The third kappa shape index (κ3) is 44.8. The number of unbranched alkanes of at least 4 members (excludes halogenated alkanes) is 28. The molecule has 0 aliphatic heterocycles. The maximum Gasteiger partial charge on any atom is 0.306 e. The van der Waals surface area contributed by atoms with E-state index in [0.717, 1.165) is 57.8 Å². The fraction of sp³-hybridized carbons (Fsp3) is 0.843. The molecule has 0 amide bonds. The molecule has 5 heteroatoms. The van der Waals surface area contributed by atoms with Crippen LogP contribution < -0.4 is 0 Å². The van der Waals surface area contributed by atoms with Gasteiger partial charge in [-0.2, -0.15) is 0 Å². The Morgan fingerprint density at radius 2 is 0.750 bits per heavy atom. The zero-order valence-electron chi connectivity index (χ0n) is 37.7. The minimum absolute atomic E-state index is 0.0833. The lowest BCUT2D eigenvalue weighted by Crippen LogP contribution is -2.30. The van der Waals surface area contributed by atoms with E-state index < -0.39 is 6.10 Å². The van der Waals surface area contributed by atoms with Crippen molar-refractivity contribution in [3.63, 3.8) is 0 Å². The summed E-state index contributed by atoms with van der Waals surface area (Å²) in [6.45, 7) is 7.76. The number of carbonyl (C=O) groups is 2. The number of carbonyl (C=O) groups excluding carboxylic acids is 2. The summed E-state index contributed by atoms with van der Waals surface area (Å²) in [7, 11) is 0.